The number of thiazole rings is 1. The summed E-state index contributed by atoms with van der Waals surface area (Å²) in [6.45, 7) is 2.31. The van der Waals surface area contributed by atoms with Gasteiger partial charge < -0.3 is 9.73 Å². The third-order valence-corrected chi connectivity index (χ3v) is 2.73. The van der Waals surface area contributed by atoms with E-state index < -0.39 is 0 Å². The van der Waals surface area contributed by atoms with Gasteiger partial charge in [0.05, 0.1) is 12.8 Å². The third kappa shape index (κ3) is 2.44. The van der Waals surface area contributed by atoms with Gasteiger partial charge in [-0.15, -0.1) is 11.3 Å². The van der Waals surface area contributed by atoms with Gasteiger partial charge in [-0.3, -0.25) is 4.79 Å². The number of amides is 1. The molecule has 2 rings (SSSR count). The molecule has 1 amide bonds. The second-order valence-electron chi connectivity index (χ2n) is 3.04. The highest BCUT2D eigenvalue weighted by molar-refractivity contribution is 7.13. The van der Waals surface area contributed by atoms with Gasteiger partial charge in [-0.05, 0) is 19.1 Å². The molecule has 4 nitrogen and oxygen atoms in total. The second kappa shape index (κ2) is 4.27. The highest BCUT2D eigenvalue weighted by Crippen LogP contribution is 2.10. The summed E-state index contributed by atoms with van der Waals surface area (Å²) in [5.41, 5.74) is 0. The van der Waals surface area contributed by atoms with Crippen molar-refractivity contribution in [1.82, 2.24) is 10.3 Å². The number of hydrogen-bond acceptors (Lipinski definition) is 4. The van der Waals surface area contributed by atoms with Crippen LogP contribution in [-0.4, -0.2) is 10.9 Å². The Bertz CT molecular complexity index is 448. The minimum atomic E-state index is -0.162. The normalized spacial score (nSPS) is 10.2. The van der Waals surface area contributed by atoms with Crippen LogP contribution < -0.4 is 5.32 Å². The highest BCUT2D eigenvalue weighted by Gasteiger charge is 2.09. The van der Waals surface area contributed by atoms with E-state index in [4.69, 9.17) is 4.42 Å². The van der Waals surface area contributed by atoms with E-state index in [9.17, 15) is 4.79 Å². The first-order chi connectivity index (χ1) is 7.25. The summed E-state index contributed by atoms with van der Waals surface area (Å²) in [5.74, 6) is 0.570. The Balaban J connectivity index is 1.93. The van der Waals surface area contributed by atoms with Crippen molar-refractivity contribution in [3.63, 3.8) is 0 Å². The predicted molar refractivity (Wildman–Crippen MR) is 56.7 cm³/mol. The van der Waals surface area contributed by atoms with Crippen molar-refractivity contribution in [2.24, 2.45) is 0 Å². The zero-order valence-electron chi connectivity index (χ0n) is 8.19. The highest BCUT2D eigenvalue weighted by atomic mass is 32.1. The molecule has 78 valence electrons. The van der Waals surface area contributed by atoms with E-state index in [0.29, 0.717) is 11.6 Å². The van der Waals surface area contributed by atoms with Crippen LogP contribution in [0, 0.1) is 6.92 Å². The third-order valence-electron chi connectivity index (χ3n) is 1.82. The first-order valence-corrected chi connectivity index (χ1v) is 5.30. The Morgan fingerprint density at radius 1 is 1.67 bits per heavy atom. The number of nitrogens with zero attached hydrogens (tertiary/aromatic N) is 1. The SMILES string of the molecule is Cc1cnc(C(=O)NCc2ccco2)s1. The van der Waals surface area contributed by atoms with Crippen LogP contribution in [0.3, 0.4) is 0 Å². The summed E-state index contributed by atoms with van der Waals surface area (Å²) in [5, 5.41) is 3.22. The van der Waals surface area contributed by atoms with E-state index >= 15 is 0 Å². The summed E-state index contributed by atoms with van der Waals surface area (Å²) >= 11 is 1.38. The van der Waals surface area contributed by atoms with Gasteiger partial charge in [0.1, 0.15) is 5.76 Å². The Hall–Kier alpha value is -1.62. The number of nitrogens with one attached hydrogen (secondary N) is 1. The maximum absolute atomic E-state index is 11.5. The average molecular weight is 222 g/mol. The summed E-state index contributed by atoms with van der Waals surface area (Å²) in [6.07, 6.45) is 3.27. The molecule has 0 saturated heterocycles. The molecule has 0 bridgehead atoms. The minimum Gasteiger partial charge on any atom is -0.467 e. The van der Waals surface area contributed by atoms with E-state index in [1.165, 1.54) is 11.3 Å². The molecule has 2 heterocycles. The topological polar surface area (TPSA) is 55.1 Å². The molecule has 0 aliphatic rings. The molecule has 0 aliphatic carbocycles. The molecule has 0 radical (unpaired) electrons. The zero-order chi connectivity index (χ0) is 10.7. The van der Waals surface area contributed by atoms with E-state index in [1.807, 2.05) is 13.0 Å². The van der Waals surface area contributed by atoms with E-state index in [-0.39, 0.29) is 5.91 Å². The molecule has 15 heavy (non-hydrogen) atoms. The molecule has 0 fully saturated rings. The fraction of sp³-hybridized carbons (Fsp3) is 0.200. The number of aromatic nitrogens is 1. The molecule has 5 heteroatoms. The van der Waals surface area contributed by atoms with Crippen molar-refractivity contribution in [1.29, 1.82) is 0 Å². The number of carbonyl (C=O) groups is 1. The van der Waals surface area contributed by atoms with Crippen molar-refractivity contribution in [2.45, 2.75) is 13.5 Å². The smallest absolute Gasteiger partial charge is 0.280 e. The maximum Gasteiger partial charge on any atom is 0.280 e. The number of rotatable bonds is 3. The van der Waals surface area contributed by atoms with Gasteiger partial charge in [0.2, 0.25) is 0 Å². The standard InChI is InChI=1S/C10H10N2O2S/c1-7-5-12-10(15-7)9(13)11-6-8-3-2-4-14-8/h2-5H,6H2,1H3,(H,11,13). The molecule has 0 unspecified atom stereocenters. The van der Waals surface area contributed by atoms with Crippen molar-refractivity contribution < 1.29 is 9.21 Å². The van der Waals surface area contributed by atoms with Crippen LogP contribution in [0.5, 0.6) is 0 Å². The van der Waals surface area contributed by atoms with Gasteiger partial charge >= 0.3 is 0 Å². The van der Waals surface area contributed by atoms with Gasteiger partial charge in [-0.2, -0.15) is 0 Å². The monoisotopic (exact) mass is 222 g/mol. The summed E-state index contributed by atoms with van der Waals surface area (Å²) in [7, 11) is 0. The van der Waals surface area contributed by atoms with E-state index in [2.05, 4.69) is 10.3 Å². The van der Waals surface area contributed by atoms with E-state index in [1.54, 1.807) is 18.5 Å². The Morgan fingerprint density at radius 3 is 3.13 bits per heavy atom. The van der Waals surface area contributed by atoms with Crippen molar-refractivity contribution in [3.05, 3.63) is 40.2 Å². The maximum atomic E-state index is 11.5. The zero-order valence-corrected chi connectivity index (χ0v) is 9.00. The van der Waals surface area contributed by atoms with Gasteiger partial charge in [0, 0.05) is 11.1 Å². The average Bonchev–Trinajstić information content (AvgIpc) is 2.84. The van der Waals surface area contributed by atoms with Gasteiger partial charge in [-0.25, -0.2) is 4.98 Å². The summed E-state index contributed by atoms with van der Waals surface area (Å²) in [4.78, 5) is 16.6. The van der Waals surface area contributed by atoms with Crippen LogP contribution in [0.25, 0.3) is 0 Å². The lowest BCUT2D eigenvalue weighted by Gasteiger charge is -1.98. The number of carbonyl (C=O) groups excluding carboxylic acids is 1. The van der Waals surface area contributed by atoms with Crippen molar-refractivity contribution in [3.8, 4) is 0 Å². The first kappa shape index (κ1) is 9.92. The van der Waals surface area contributed by atoms with Gasteiger partial charge in [0.15, 0.2) is 5.01 Å². The minimum absolute atomic E-state index is 0.162. The lowest BCUT2D eigenvalue weighted by molar-refractivity contribution is 0.0947. The number of aryl methyl sites for hydroxylation is 1. The summed E-state index contributed by atoms with van der Waals surface area (Å²) < 4.78 is 5.09. The van der Waals surface area contributed by atoms with Crippen LogP contribution in [0.4, 0.5) is 0 Å². The van der Waals surface area contributed by atoms with Crippen LogP contribution in [0.15, 0.2) is 29.0 Å². The predicted octanol–water partition coefficient (Wildman–Crippen LogP) is 1.97. The Kier molecular flexibility index (Phi) is 2.82. The fourth-order valence-corrected chi connectivity index (χ4v) is 1.80. The quantitative estimate of drug-likeness (QED) is 0.863. The van der Waals surface area contributed by atoms with Crippen molar-refractivity contribution >= 4 is 17.2 Å². The number of furan rings is 1. The summed E-state index contributed by atoms with van der Waals surface area (Å²) in [6, 6.07) is 3.60. The Labute approximate surface area is 90.9 Å². The van der Waals surface area contributed by atoms with Crippen molar-refractivity contribution in [2.75, 3.05) is 0 Å². The van der Waals surface area contributed by atoms with Gasteiger partial charge in [0.25, 0.3) is 5.91 Å². The number of hydrogen-bond donors (Lipinski definition) is 1. The second-order valence-corrected chi connectivity index (χ2v) is 4.27. The van der Waals surface area contributed by atoms with Crippen LogP contribution in [0.1, 0.15) is 20.4 Å². The molecule has 2 aromatic heterocycles. The molecule has 1 N–H and O–H groups in total. The molecule has 0 saturated carbocycles. The first-order valence-electron chi connectivity index (χ1n) is 4.49. The molecular weight excluding hydrogens is 212 g/mol. The van der Waals surface area contributed by atoms with Crippen LogP contribution in [0.2, 0.25) is 0 Å². The Morgan fingerprint density at radius 2 is 2.53 bits per heavy atom. The van der Waals surface area contributed by atoms with Gasteiger partial charge in [-0.1, -0.05) is 0 Å². The molecule has 0 aromatic carbocycles. The van der Waals surface area contributed by atoms with Crippen LogP contribution >= 0.6 is 11.3 Å². The van der Waals surface area contributed by atoms with E-state index in [0.717, 1.165) is 10.6 Å². The molecular formula is C10H10N2O2S. The fourth-order valence-electron chi connectivity index (χ4n) is 1.12. The lowest BCUT2D eigenvalue weighted by Crippen LogP contribution is -2.22. The molecule has 0 spiro atoms. The molecule has 2 aromatic rings. The lowest BCUT2D eigenvalue weighted by atomic mass is 10.4. The molecule has 0 atom stereocenters. The molecule has 0 aliphatic heterocycles. The largest absolute Gasteiger partial charge is 0.467 e. The van der Waals surface area contributed by atoms with Crippen LogP contribution in [-0.2, 0) is 6.54 Å².